The number of carbonyl (C=O) groups is 2. The normalized spacial score (nSPS) is 35.1. The molecule has 1 aliphatic carbocycles. The zero-order valence-electron chi connectivity index (χ0n) is 12.4. The molecule has 4 nitrogen and oxygen atoms in total. The minimum atomic E-state index is -1.89. The first-order chi connectivity index (χ1) is 8.65. The minimum absolute atomic E-state index is 0.0276. The van der Waals surface area contributed by atoms with Gasteiger partial charge in [0.2, 0.25) is 0 Å². The largest absolute Gasteiger partial charge is 0.462 e. The molecule has 0 N–H and O–H groups in total. The van der Waals surface area contributed by atoms with E-state index in [0.29, 0.717) is 12.8 Å². The van der Waals surface area contributed by atoms with Gasteiger partial charge in [-0.25, -0.2) is 0 Å². The van der Waals surface area contributed by atoms with Crippen molar-refractivity contribution in [3.05, 3.63) is 0 Å². The van der Waals surface area contributed by atoms with E-state index in [4.69, 9.17) is 9.16 Å². The van der Waals surface area contributed by atoms with Gasteiger partial charge in [-0.3, -0.25) is 4.79 Å². The van der Waals surface area contributed by atoms with Gasteiger partial charge in [0, 0.05) is 18.3 Å². The monoisotopic (exact) mass is 284 g/mol. The highest BCUT2D eigenvalue weighted by atomic mass is 28.4. The Morgan fingerprint density at radius 3 is 2.53 bits per heavy atom. The van der Waals surface area contributed by atoms with Crippen molar-refractivity contribution in [3.63, 3.8) is 0 Å². The van der Waals surface area contributed by atoms with E-state index in [1.807, 2.05) is 0 Å². The number of aldehydes is 1. The van der Waals surface area contributed by atoms with E-state index >= 15 is 0 Å². The molecule has 0 radical (unpaired) electrons. The number of hydrogen-bond acceptors (Lipinski definition) is 4. The van der Waals surface area contributed by atoms with Crippen LogP contribution in [0.1, 0.15) is 33.6 Å². The first-order valence-electron chi connectivity index (χ1n) is 6.98. The smallest absolute Gasteiger partial charge is 0.306 e. The number of rotatable bonds is 3. The molecule has 0 unspecified atom stereocenters. The Kier molecular flexibility index (Phi) is 3.64. The summed E-state index contributed by atoms with van der Waals surface area (Å²) < 4.78 is 11.6. The molecule has 5 heteroatoms. The first kappa shape index (κ1) is 14.7. The summed E-state index contributed by atoms with van der Waals surface area (Å²) in [5, 5.41) is 0.120. The van der Waals surface area contributed by atoms with Crippen LogP contribution in [0.5, 0.6) is 0 Å². The van der Waals surface area contributed by atoms with Gasteiger partial charge in [0.05, 0.1) is 12.5 Å². The molecular formula is C14H24O4Si. The fraction of sp³-hybridized carbons (Fsp3) is 0.857. The molecule has 19 heavy (non-hydrogen) atoms. The van der Waals surface area contributed by atoms with Crippen LogP contribution in [0.25, 0.3) is 0 Å². The van der Waals surface area contributed by atoms with E-state index in [1.54, 1.807) is 0 Å². The molecule has 1 saturated carbocycles. The second-order valence-corrected chi connectivity index (χ2v) is 12.0. The molecule has 2 rings (SSSR count). The molecule has 0 aromatic heterocycles. The van der Waals surface area contributed by atoms with Crippen molar-refractivity contribution in [2.75, 3.05) is 0 Å². The summed E-state index contributed by atoms with van der Waals surface area (Å²) in [7, 11) is -1.89. The van der Waals surface area contributed by atoms with Crippen molar-refractivity contribution in [1.29, 1.82) is 0 Å². The summed E-state index contributed by atoms with van der Waals surface area (Å²) in [6.07, 6.45) is 1.81. The summed E-state index contributed by atoms with van der Waals surface area (Å²) in [6.45, 7) is 10.9. The average molecular weight is 284 g/mol. The second kappa shape index (κ2) is 4.70. The maximum atomic E-state index is 11.4. The summed E-state index contributed by atoms with van der Waals surface area (Å²) in [5.41, 5.74) is 0. The SMILES string of the molecule is CC(C)(C)[Si](C)(C)O[C@@H]1C[C@@H]2OC(=O)C[C@@H]2[C@H]1C=O. The Morgan fingerprint density at radius 1 is 1.37 bits per heavy atom. The van der Waals surface area contributed by atoms with Crippen LogP contribution < -0.4 is 0 Å². The third kappa shape index (κ3) is 2.63. The molecule has 0 spiro atoms. The van der Waals surface area contributed by atoms with Crippen LogP contribution in [0.3, 0.4) is 0 Å². The summed E-state index contributed by atoms with van der Waals surface area (Å²) >= 11 is 0. The van der Waals surface area contributed by atoms with Crippen LogP contribution in [0.2, 0.25) is 18.1 Å². The topological polar surface area (TPSA) is 52.6 Å². The number of carbonyl (C=O) groups excluding carboxylic acids is 2. The molecule has 0 bridgehead atoms. The Labute approximate surface area is 116 Å². The van der Waals surface area contributed by atoms with Gasteiger partial charge in [0.1, 0.15) is 12.4 Å². The lowest BCUT2D eigenvalue weighted by molar-refractivity contribution is -0.141. The fourth-order valence-electron chi connectivity index (χ4n) is 2.77. The van der Waals surface area contributed by atoms with Gasteiger partial charge in [-0.15, -0.1) is 0 Å². The molecule has 1 heterocycles. The van der Waals surface area contributed by atoms with Crippen LogP contribution in [0, 0.1) is 11.8 Å². The van der Waals surface area contributed by atoms with Gasteiger partial charge < -0.3 is 14.0 Å². The van der Waals surface area contributed by atoms with Crippen LogP contribution in [-0.4, -0.2) is 32.8 Å². The zero-order chi connectivity index (χ0) is 14.4. The molecule has 0 amide bonds. The van der Waals surface area contributed by atoms with E-state index < -0.39 is 8.32 Å². The Balaban J connectivity index is 2.11. The minimum Gasteiger partial charge on any atom is -0.462 e. The quantitative estimate of drug-likeness (QED) is 0.454. The number of fused-ring (bicyclic) bond motifs is 1. The van der Waals surface area contributed by atoms with Crippen LogP contribution in [0.15, 0.2) is 0 Å². The number of ether oxygens (including phenoxy) is 1. The molecule has 4 atom stereocenters. The number of hydrogen-bond donors (Lipinski definition) is 0. The first-order valence-corrected chi connectivity index (χ1v) is 9.89. The molecule has 0 aromatic carbocycles. The standard InChI is InChI=1S/C14H24O4Si/c1-14(2,3)19(4,5)18-12-7-11-9(10(12)8-15)6-13(16)17-11/h8-12H,6-7H2,1-5H3/t9-,10-,11+,12-/m1/s1. The van der Waals surface area contributed by atoms with Crippen molar-refractivity contribution in [2.45, 2.75) is 64.0 Å². The summed E-state index contributed by atoms with van der Waals surface area (Å²) in [5.74, 6) is -0.335. The molecule has 2 aliphatic rings. The van der Waals surface area contributed by atoms with Crippen LogP contribution in [0.4, 0.5) is 0 Å². The highest BCUT2D eigenvalue weighted by molar-refractivity contribution is 6.74. The highest BCUT2D eigenvalue weighted by Gasteiger charge is 2.53. The van der Waals surface area contributed by atoms with Gasteiger partial charge in [-0.1, -0.05) is 20.8 Å². The summed E-state index contributed by atoms with van der Waals surface area (Å²) in [4.78, 5) is 22.7. The van der Waals surface area contributed by atoms with E-state index in [2.05, 4.69) is 33.9 Å². The lowest BCUT2D eigenvalue weighted by atomic mass is 9.94. The van der Waals surface area contributed by atoms with E-state index in [0.717, 1.165) is 6.29 Å². The lowest BCUT2D eigenvalue weighted by Gasteiger charge is -2.39. The second-order valence-electron chi connectivity index (χ2n) is 7.26. The maximum Gasteiger partial charge on any atom is 0.306 e. The fourth-order valence-corrected chi connectivity index (χ4v) is 4.13. The average Bonchev–Trinajstić information content (AvgIpc) is 2.70. The molecule has 0 aromatic rings. The van der Waals surface area contributed by atoms with Gasteiger partial charge in [0.15, 0.2) is 8.32 Å². The molecule has 1 saturated heterocycles. The van der Waals surface area contributed by atoms with E-state index in [9.17, 15) is 9.59 Å². The van der Waals surface area contributed by atoms with Crippen LogP contribution in [-0.2, 0) is 18.8 Å². The summed E-state index contributed by atoms with van der Waals surface area (Å²) in [6, 6.07) is 0. The van der Waals surface area contributed by atoms with Crippen molar-refractivity contribution in [3.8, 4) is 0 Å². The number of esters is 1. The van der Waals surface area contributed by atoms with Crippen molar-refractivity contribution < 1.29 is 18.8 Å². The molecule has 108 valence electrons. The Morgan fingerprint density at radius 2 is 2.00 bits per heavy atom. The molecule has 2 fully saturated rings. The van der Waals surface area contributed by atoms with Gasteiger partial charge in [-0.2, -0.15) is 0 Å². The molecular weight excluding hydrogens is 260 g/mol. The van der Waals surface area contributed by atoms with Gasteiger partial charge in [-0.05, 0) is 18.1 Å². The highest BCUT2D eigenvalue weighted by Crippen LogP contribution is 2.45. The Hall–Kier alpha value is -0.683. The van der Waals surface area contributed by atoms with Crippen LogP contribution >= 0.6 is 0 Å². The van der Waals surface area contributed by atoms with E-state index in [1.165, 1.54) is 0 Å². The Bertz CT molecular complexity index is 385. The predicted molar refractivity (Wildman–Crippen MR) is 74.2 cm³/mol. The van der Waals surface area contributed by atoms with Crippen molar-refractivity contribution >= 4 is 20.6 Å². The lowest BCUT2D eigenvalue weighted by Crippen LogP contribution is -2.45. The third-order valence-electron chi connectivity index (χ3n) is 4.96. The third-order valence-corrected chi connectivity index (χ3v) is 9.46. The maximum absolute atomic E-state index is 11.4. The van der Waals surface area contributed by atoms with Crippen molar-refractivity contribution in [1.82, 2.24) is 0 Å². The molecule has 1 aliphatic heterocycles. The zero-order valence-corrected chi connectivity index (χ0v) is 13.4. The van der Waals surface area contributed by atoms with E-state index in [-0.39, 0.29) is 35.1 Å². The van der Waals surface area contributed by atoms with Gasteiger partial charge in [0.25, 0.3) is 0 Å². The van der Waals surface area contributed by atoms with Gasteiger partial charge >= 0.3 is 5.97 Å². The van der Waals surface area contributed by atoms with Crippen molar-refractivity contribution in [2.24, 2.45) is 11.8 Å². The predicted octanol–water partition coefficient (Wildman–Crippen LogP) is 2.53.